The third-order valence-corrected chi connectivity index (χ3v) is 2.51. The van der Waals surface area contributed by atoms with Gasteiger partial charge in [0.2, 0.25) is 11.8 Å². The van der Waals surface area contributed by atoms with Crippen molar-refractivity contribution in [3.63, 3.8) is 0 Å². The van der Waals surface area contributed by atoms with Crippen molar-refractivity contribution >= 4 is 11.8 Å². The minimum Gasteiger partial charge on any atom is -0.391 e. The van der Waals surface area contributed by atoms with Gasteiger partial charge in [0.15, 0.2) is 0 Å². The van der Waals surface area contributed by atoms with Crippen molar-refractivity contribution in [3.05, 3.63) is 0 Å². The quantitative estimate of drug-likeness (QED) is 0.663. The number of primary amides is 1. The molecular formula is C10H18N2O3. The second kappa shape index (κ2) is 4.61. The molecule has 15 heavy (non-hydrogen) atoms. The van der Waals surface area contributed by atoms with Crippen molar-refractivity contribution < 1.29 is 14.7 Å². The molecule has 0 aromatic rings. The number of hydrogen-bond acceptors (Lipinski definition) is 3. The van der Waals surface area contributed by atoms with Gasteiger partial charge in [0.05, 0.1) is 6.10 Å². The molecule has 2 atom stereocenters. The van der Waals surface area contributed by atoms with E-state index in [1.54, 1.807) is 0 Å². The van der Waals surface area contributed by atoms with Gasteiger partial charge in [-0.25, -0.2) is 0 Å². The molecule has 0 saturated carbocycles. The number of hydrogen-bond donors (Lipinski definition) is 2. The van der Waals surface area contributed by atoms with E-state index in [0.717, 1.165) is 0 Å². The highest BCUT2D eigenvalue weighted by atomic mass is 16.3. The molecule has 0 spiro atoms. The minimum atomic E-state index is -0.633. The van der Waals surface area contributed by atoms with Crippen LogP contribution in [0.1, 0.15) is 26.7 Å². The summed E-state index contributed by atoms with van der Waals surface area (Å²) in [5, 5.41) is 9.40. The Hall–Kier alpha value is -1.10. The Morgan fingerprint density at radius 1 is 1.53 bits per heavy atom. The number of β-amino-alcohol motifs (C(OH)–C–C–N with tert-alkyl or cyclic N) is 1. The fourth-order valence-electron chi connectivity index (χ4n) is 1.83. The van der Waals surface area contributed by atoms with Crippen LogP contribution in [0.15, 0.2) is 0 Å². The van der Waals surface area contributed by atoms with E-state index in [1.807, 2.05) is 13.8 Å². The van der Waals surface area contributed by atoms with E-state index in [-0.39, 0.29) is 24.8 Å². The van der Waals surface area contributed by atoms with Gasteiger partial charge in [0.25, 0.3) is 0 Å². The first-order valence-electron chi connectivity index (χ1n) is 5.18. The molecule has 1 aliphatic rings. The average molecular weight is 214 g/mol. The summed E-state index contributed by atoms with van der Waals surface area (Å²) >= 11 is 0. The summed E-state index contributed by atoms with van der Waals surface area (Å²) in [7, 11) is 0. The largest absolute Gasteiger partial charge is 0.391 e. The molecule has 0 aliphatic carbocycles. The second-order valence-electron chi connectivity index (χ2n) is 4.45. The van der Waals surface area contributed by atoms with Crippen LogP contribution in [0.5, 0.6) is 0 Å². The second-order valence-corrected chi connectivity index (χ2v) is 4.45. The maximum atomic E-state index is 11.7. The number of likely N-dealkylation sites (tertiary alicyclic amines) is 1. The van der Waals surface area contributed by atoms with Crippen LogP contribution in [0.25, 0.3) is 0 Å². The molecule has 0 bridgehead atoms. The van der Waals surface area contributed by atoms with E-state index in [2.05, 4.69) is 0 Å². The molecule has 1 saturated heterocycles. The maximum absolute atomic E-state index is 11.7. The van der Waals surface area contributed by atoms with Gasteiger partial charge < -0.3 is 15.7 Å². The molecule has 2 amide bonds. The topological polar surface area (TPSA) is 83.6 Å². The Morgan fingerprint density at radius 3 is 2.60 bits per heavy atom. The lowest BCUT2D eigenvalue weighted by atomic mass is 10.1. The Morgan fingerprint density at radius 2 is 2.13 bits per heavy atom. The lowest BCUT2D eigenvalue weighted by Gasteiger charge is -2.22. The number of aliphatic hydroxyl groups is 1. The van der Waals surface area contributed by atoms with Crippen LogP contribution in [0.3, 0.4) is 0 Å². The number of nitrogens with two attached hydrogens (primary N) is 1. The number of rotatable bonds is 3. The smallest absolute Gasteiger partial charge is 0.240 e. The summed E-state index contributed by atoms with van der Waals surface area (Å²) in [5.41, 5.74) is 5.18. The number of amides is 2. The van der Waals surface area contributed by atoms with Crippen LogP contribution in [0, 0.1) is 5.92 Å². The molecule has 5 nitrogen and oxygen atoms in total. The third kappa shape index (κ3) is 2.92. The lowest BCUT2D eigenvalue weighted by Crippen LogP contribution is -2.44. The summed E-state index contributed by atoms with van der Waals surface area (Å²) in [6, 6.07) is -0.633. The first kappa shape index (κ1) is 12.0. The summed E-state index contributed by atoms with van der Waals surface area (Å²) < 4.78 is 0. The van der Waals surface area contributed by atoms with Gasteiger partial charge in [-0.15, -0.1) is 0 Å². The van der Waals surface area contributed by atoms with Gasteiger partial charge in [-0.1, -0.05) is 13.8 Å². The molecule has 0 aromatic heterocycles. The monoisotopic (exact) mass is 214 g/mol. The highest BCUT2D eigenvalue weighted by Crippen LogP contribution is 2.19. The molecule has 1 aliphatic heterocycles. The highest BCUT2D eigenvalue weighted by Gasteiger charge is 2.37. The zero-order chi connectivity index (χ0) is 11.6. The fourth-order valence-corrected chi connectivity index (χ4v) is 1.83. The van der Waals surface area contributed by atoms with E-state index in [4.69, 9.17) is 5.73 Å². The van der Waals surface area contributed by atoms with Crippen molar-refractivity contribution in [1.29, 1.82) is 0 Å². The Kier molecular flexibility index (Phi) is 3.68. The van der Waals surface area contributed by atoms with Gasteiger partial charge in [-0.3, -0.25) is 9.59 Å². The van der Waals surface area contributed by atoms with Gasteiger partial charge in [0, 0.05) is 19.4 Å². The molecule has 0 radical (unpaired) electrons. The molecule has 0 unspecified atom stereocenters. The minimum absolute atomic E-state index is 0.106. The predicted octanol–water partition coefficient (Wildman–Crippen LogP) is -0.520. The number of aliphatic hydroxyl groups excluding tert-OH is 1. The molecule has 5 heteroatoms. The zero-order valence-corrected chi connectivity index (χ0v) is 9.14. The maximum Gasteiger partial charge on any atom is 0.240 e. The van der Waals surface area contributed by atoms with Crippen molar-refractivity contribution in [2.75, 3.05) is 6.54 Å². The van der Waals surface area contributed by atoms with Crippen molar-refractivity contribution in [3.8, 4) is 0 Å². The standard InChI is InChI=1S/C10H18N2O3/c1-6(2)3-9(14)12-5-7(13)4-8(12)10(11)15/h6-8,13H,3-5H2,1-2H3,(H2,11,15)/t7-,8+/m1/s1. The van der Waals surface area contributed by atoms with Crippen molar-refractivity contribution in [2.24, 2.45) is 11.7 Å². The van der Waals surface area contributed by atoms with E-state index in [9.17, 15) is 14.7 Å². The predicted molar refractivity (Wildman–Crippen MR) is 54.8 cm³/mol. The van der Waals surface area contributed by atoms with E-state index >= 15 is 0 Å². The average Bonchev–Trinajstić information content (AvgIpc) is 2.46. The number of carbonyl (C=O) groups is 2. The van der Waals surface area contributed by atoms with Crippen LogP contribution in [0.2, 0.25) is 0 Å². The molecular weight excluding hydrogens is 196 g/mol. The first-order valence-corrected chi connectivity index (χ1v) is 5.18. The summed E-state index contributed by atoms with van der Waals surface area (Å²) in [4.78, 5) is 24.2. The first-order chi connectivity index (χ1) is 6.91. The van der Waals surface area contributed by atoms with Crippen LogP contribution in [-0.2, 0) is 9.59 Å². The molecule has 1 heterocycles. The molecule has 0 aromatic carbocycles. The highest BCUT2D eigenvalue weighted by molar-refractivity contribution is 5.87. The molecule has 86 valence electrons. The van der Waals surface area contributed by atoms with Crippen molar-refractivity contribution in [1.82, 2.24) is 4.90 Å². The van der Waals surface area contributed by atoms with Crippen LogP contribution >= 0.6 is 0 Å². The molecule has 1 fully saturated rings. The van der Waals surface area contributed by atoms with E-state index in [1.165, 1.54) is 4.90 Å². The van der Waals surface area contributed by atoms with Crippen LogP contribution in [-0.4, -0.2) is 40.5 Å². The van der Waals surface area contributed by atoms with Crippen LogP contribution < -0.4 is 5.73 Å². The van der Waals surface area contributed by atoms with E-state index in [0.29, 0.717) is 6.42 Å². The number of nitrogens with zero attached hydrogens (tertiary/aromatic N) is 1. The normalized spacial score (nSPS) is 26.0. The zero-order valence-electron chi connectivity index (χ0n) is 9.14. The summed E-state index contributed by atoms with van der Waals surface area (Å²) in [5.74, 6) is -0.405. The van der Waals surface area contributed by atoms with Crippen LogP contribution in [0.4, 0.5) is 0 Å². The SMILES string of the molecule is CC(C)CC(=O)N1C[C@H](O)C[C@H]1C(N)=O. The van der Waals surface area contributed by atoms with Gasteiger partial charge >= 0.3 is 0 Å². The Bertz CT molecular complexity index is 265. The molecule has 3 N–H and O–H groups in total. The summed E-state index contributed by atoms with van der Waals surface area (Å²) in [6.07, 6.45) is 0.0222. The number of carbonyl (C=O) groups excluding carboxylic acids is 2. The van der Waals surface area contributed by atoms with Gasteiger partial charge in [-0.05, 0) is 5.92 Å². The van der Waals surface area contributed by atoms with Crippen molar-refractivity contribution in [2.45, 2.75) is 38.8 Å². The van der Waals surface area contributed by atoms with Gasteiger partial charge in [0.1, 0.15) is 6.04 Å². The lowest BCUT2D eigenvalue weighted by molar-refractivity contribution is -0.138. The van der Waals surface area contributed by atoms with E-state index < -0.39 is 18.1 Å². The Balaban J connectivity index is 2.66. The third-order valence-electron chi connectivity index (χ3n) is 2.51. The fraction of sp³-hybridized carbons (Fsp3) is 0.800. The Labute approximate surface area is 89.2 Å². The van der Waals surface area contributed by atoms with Gasteiger partial charge in [-0.2, -0.15) is 0 Å². The molecule has 1 rings (SSSR count). The summed E-state index contributed by atoms with van der Waals surface area (Å²) in [6.45, 7) is 4.09.